The van der Waals surface area contributed by atoms with E-state index in [9.17, 15) is 8.42 Å². The van der Waals surface area contributed by atoms with Crippen LogP contribution in [-0.2, 0) is 10.0 Å². The van der Waals surface area contributed by atoms with E-state index in [1.54, 1.807) is 10.4 Å². The highest BCUT2D eigenvalue weighted by atomic mass is 127. The molecule has 21 heavy (non-hydrogen) atoms. The van der Waals surface area contributed by atoms with E-state index in [1.807, 2.05) is 36.4 Å². The second-order valence-electron chi connectivity index (χ2n) is 5.40. The third kappa shape index (κ3) is 2.83. The highest BCUT2D eigenvalue weighted by Crippen LogP contribution is 2.30. The third-order valence-corrected chi connectivity index (χ3v) is 7.11. The van der Waals surface area contributed by atoms with Crippen LogP contribution >= 0.6 is 22.6 Å². The SMILES string of the molecule is O=S(=O)(c1cccc2ccccc12)N1CCCCC1CI. The molecule has 1 aliphatic rings. The maximum atomic E-state index is 13.1. The molecule has 1 heterocycles. The summed E-state index contributed by atoms with van der Waals surface area (Å²) in [6.07, 6.45) is 3.04. The zero-order chi connectivity index (χ0) is 14.9. The van der Waals surface area contributed by atoms with Crippen LogP contribution in [0.2, 0.25) is 0 Å². The Balaban J connectivity index is 2.12. The molecule has 2 aromatic carbocycles. The number of hydrogen-bond donors (Lipinski definition) is 0. The smallest absolute Gasteiger partial charge is 0.207 e. The number of hydrogen-bond acceptors (Lipinski definition) is 2. The van der Waals surface area contributed by atoms with Gasteiger partial charge in [0.2, 0.25) is 10.0 Å². The van der Waals surface area contributed by atoms with Crippen LogP contribution in [0.5, 0.6) is 0 Å². The Bertz CT molecular complexity index is 740. The van der Waals surface area contributed by atoms with E-state index in [4.69, 9.17) is 0 Å². The van der Waals surface area contributed by atoms with Crippen molar-refractivity contribution in [1.82, 2.24) is 4.31 Å². The van der Waals surface area contributed by atoms with Crippen LogP contribution in [0, 0.1) is 0 Å². The summed E-state index contributed by atoms with van der Waals surface area (Å²) in [6, 6.07) is 13.3. The number of fused-ring (bicyclic) bond motifs is 1. The average molecular weight is 415 g/mol. The zero-order valence-electron chi connectivity index (χ0n) is 11.7. The normalized spacial score (nSPS) is 20.7. The van der Waals surface area contributed by atoms with Gasteiger partial charge in [-0.2, -0.15) is 4.31 Å². The summed E-state index contributed by atoms with van der Waals surface area (Å²) in [5.41, 5.74) is 0. The van der Waals surface area contributed by atoms with Crippen LogP contribution in [0.25, 0.3) is 10.8 Å². The first-order valence-electron chi connectivity index (χ1n) is 7.20. The molecule has 5 heteroatoms. The summed E-state index contributed by atoms with van der Waals surface area (Å²) in [4.78, 5) is 0.442. The number of halogens is 1. The molecule has 0 saturated carbocycles. The molecule has 1 saturated heterocycles. The first-order chi connectivity index (χ1) is 10.1. The highest BCUT2D eigenvalue weighted by molar-refractivity contribution is 14.1. The van der Waals surface area contributed by atoms with Crippen molar-refractivity contribution in [3.05, 3.63) is 42.5 Å². The van der Waals surface area contributed by atoms with Crippen LogP contribution < -0.4 is 0 Å². The van der Waals surface area contributed by atoms with E-state index in [-0.39, 0.29) is 6.04 Å². The highest BCUT2D eigenvalue weighted by Gasteiger charge is 2.33. The van der Waals surface area contributed by atoms with Crippen molar-refractivity contribution in [2.24, 2.45) is 0 Å². The lowest BCUT2D eigenvalue weighted by Gasteiger charge is -2.33. The molecule has 0 aliphatic carbocycles. The van der Waals surface area contributed by atoms with Crippen LogP contribution in [-0.4, -0.2) is 29.7 Å². The van der Waals surface area contributed by atoms with Gasteiger partial charge in [-0.25, -0.2) is 8.42 Å². The Morgan fingerprint density at radius 2 is 1.86 bits per heavy atom. The predicted octanol–water partition coefficient (Wildman–Crippen LogP) is 3.82. The zero-order valence-corrected chi connectivity index (χ0v) is 14.7. The Morgan fingerprint density at radius 1 is 1.10 bits per heavy atom. The molecule has 112 valence electrons. The van der Waals surface area contributed by atoms with E-state index in [1.165, 1.54) is 0 Å². The number of nitrogens with zero attached hydrogens (tertiary/aromatic N) is 1. The quantitative estimate of drug-likeness (QED) is 0.565. The molecule has 3 nitrogen and oxygen atoms in total. The van der Waals surface area contributed by atoms with Gasteiger partial charge in [0.05, 0.1) is 4.90 Å². The minimum atomic E-state index is -3.42. The molecule has 1 atom stereocenters. The minimum Gasteiger partial charge on any atom is -0.207 e. The number of sulfonamides is 1. The molecule has 3 rings (SSSR count). The van der Waals surface area contributed by atoms with Gasteiger partial charge < -0.3 is 0 Å². The van der Waals surface area contributed by atoms with Gasteiger partial charge in [-0.3, -0.25) is 0 Å². The Kier molecular flexibility index (Phi) is 4.51. The molecule has 1 aliphatic heterocycles. The molecule has 0 bridgehead atoms. The van der Waals surface area contributed by atoms with Crippen molar-refractivity contribution < 1.29 is 8.42 Å². The van der Waals surface area contributed by atoms with E-state index in [0.717, 1.165) is 34.5 Å². The second kappa shape index (κ2) is 6.22. The first kappa shape index (κ1) is 15.2. The van der Waals surface area contributed by atoms with Gasteiger partial charge in [0, 0.05) is 22.4 Å². The molecule has 0 amide bonds. The predicted molar refractivity (Wildman–Crippen MR) is 94.4 cm³/mol. The molecule has 0 radical (unpaired) electrons. The monoisotopic (exact) mass is 415 g/mol. The van der Waals surface area contributed by atoms with Crippen LogP contribution in [0.15, 0.2) is 47.4 Å². The van der Waals surface area contributed by atoms with Crippen molar-refractivity contribution in [3.63, 3.8) is 0 Å². The molecule has 0 aromatic heterocycles. The maximum absolute atomic E-state index is 13.1. The fraction of sp³-hybridized carbons (Fsp3) is 0.375. The molecular formula is C16H18INO2S. The Morgan fingerprint density at radius 3 is 2.67 bits per heavy atom. The summed E-state index contributed by atoms with van der Waals surface area (Å²) in [5, 5.41) is 1.79. The minimum absolute atomic E-state index is 0.128. The van der Waals surface area contributed by atoms with Gasteiger partial charge in [-0.1, -0.05) is 65.4 Å². The van der Waals surface area contributed by atoms with Crippen LogP contribution in [0.1, 0.15) is 19.3 Å². The van der Waals surface area contributed by atoms with E-state index >= 15 is 0 Å². The molecule has 0 N–H and O–H groups in total. The summed E-state index contributed by atoms with van der Waals surface area (Å²) in [7, 11) is -3.42. The van der Waals surface area contributed by atoms with Crippen LogP contribution in [0.4, 0.5) is 0 Å². The summed E-state index contributed by atoms with van der Waals surface area (Å²) in [5.74, 6) is 0. The van der Waals surface area contributed by atoms with E-state index < -0.39 is 10.0 Å². The van der Waals surface area contributed by atoms with Crippen molar-refractivity contribution in [2.45, 2.75) is 30.2 Å². The molecule has 1 fully saturated rings. The lowest BCUT2D eigenvalue weighted by atomic mass is 10.1. The van der Waals surface area contributed by atoms with Gasteiger partial charge in [0.1, 0.15) is 0 Å². The topological polar surface area (TPSA) is 37.4 Å². The molecule has 0 spiro atoms. The largest absolute Gasteiger partial charge is 0.243 e. The van der Waals surface area contributed by atoms with Gasteiger partial charge in [0.25, 0.3) is 0 Å². The molecule has 1 unspecified atom stereocenters. The fourth-order valence-corrected chi connectivity index (χ4v) is 6.08. The van der Waals surface area contributed by atoms with Gasteiger partial charge >= 0.3 is 0 Å². The average Bonchev–Trinajstić information content (AvgIpc) is 2.54. The van der Waals surface area contributed by atoms with E-state index in [2.05, 4.69) is 22.6 Å². The van der Waals surface area contributed by atoms with Gasteiger partial charge in [-0.05, 0) is 24.3 Å². The van der Waals surface area contributed by atoms with Crippen molar-refractivity contribution in [2.75, 3.05) is 11.0 Å². The first-order valence-corrected chi connectivity index (χ1v) is 10.2. The number of piperidine rings is 1. The standard InChI is InChI=1S/C16H18INO2S/c17-12-14-8-3-4-11-18(14)21(19,20)16-10-5-7-13-6-1-2-9-15(13)16/h1-2,5-7,9-10,14H,3-4,8,11-12H2. The Labute approximate surface area is 139 Å². The van der Waals surface area contributed by atoms with Gasteiger partial charge in [-0.15, -0.1) is 0 Å². The summed E-state index contributed by atoms with van der Waals surface area (Å²) >= 11 is 2.29. The molecule has 2 aromatic rings. The van der Waals surface area contributed by atoms with Crippen molar-refractivity contribution in [3.8, 4) is 0 Å². The Hall–Kier alpha value is -0.660. The maximum Gasteiger partial charge on any atom is 0.243 e. The fourth-order valence-electron chi connectivity index (χ4n) is 2.99. The van der Waals surface area contributed by atoms with E-state index in [0.29, 0.717) is 11.4 Å². The second-order valence-corrected chi connectivity index (χ2v) is 8.14. The van der Waals surface area contributed by atoms with Crippen molar-refractivity contribution in [1.29, 1.82) is 0 Å². The summed E-state index contributed by atoms with van der Waals surface area (Å²) < 4.78 is 28.7. The number of benzene rings is 2. The lowest BCUT2D eigenvalue weighted by molar-refractivity contribution is 0.275. The third-order valence-electron chi connectivity index (χ3n) is 4.09. The number of rotatable bonds is 3. The molecular weight excluding hydrogens is 397 g/mol. The number of alkyl halides is 1. The van der Waals surface area contributed by atoms with Gasteiger partial charge in [0.15, 0.2) is 0 Å². The van der Waals surface area contributed by atoms with Crippen molar-refractivity contribution >= 4 is 43.4 Å². The van der Waals surface area contributed by atoms with Crippen LogP contribution in [0.3, 0.4) is 0 Å². The summed E-state index contributed by atoms with van der Waals surface area (Å²) in [6.45, 7) is 0.638. The lowest BCUT2D eigenvalue weighted by Crippen LogP contribution is -2.44.